The Bertz CT molecular complexity index is 592. The van der Waals surface area contributed by atoms with Crippen LogP contribution in [0.5, 0.6) is 5.75 Å². The summed E-state index contributed by atoms with van der Waals surface area (Å²) in [4.78, 5) is 11.8. The Hall–Kier alpha value is -2.43. The first-order valence-electron chi connectivity index (χ1n) is 5.97. The van der Waals surface area contributed by atoms with Crippen LogP contribution in [0.15, 0.2) is 42.5 Å². The van der Waals surface area contributed by atoms with Crippen molar-refractivity contribution in [2.24, 2.45) is 0 Å². The molecule has 0 aromatic heterocycles. The molecular weight excluding hydrogens is 264 g/mol. The first-order chi connectivity index (χ1) is 9.61. The van der Waals surface area contributed by atoms with Gasteiger partial charge in [-0.15, -0.1) is 0 Å². The van der Waals surface area contributed by atoms with Crippen LogP contribution < -0.4 is 10.1 Å². The van der Waals surface area contributed by atoms with Crippen molar-refractivity contribution in [3.8, 4) is 5.75 Å². The Kier molecular flexibility index (Phi) is 4.30. The lowest BCUT2D eigenvalue weighted by molar-refractivity contribution is 0.0942. The van der Waals surface area contributed by atoms with Gasteiger partial charge in [0.2, 0.25) is 0 Å². The third-order valence-electron chi connectivity index (χ3n) is 2.80. The third-order valence-corrected chi connectivity index (χ3v) is 2.80. The molecule has 2 aromatic carbocycles. The van der Waals surface area contributed by atoms with Gasteiger partial charge >= 0.3 is 0 Å². The zero-order valence-corrected chi connectivity index (χ0v) is 10.8. The normalized spacial score (nSPS) is 10.2. The zero-order valence-electron chi connectivity index (χ0n) is 10.8. The molecule has 0 fully saturated rings. The molecule has 0 spiro atoms. The average molecular weight is 277 g/mol. The molecule has 0 saturated heterocycles. The predicted octanol–water partition coefficient (Wildman–Crippen LogP) is 2.90. The lowest BCUT2D eigenvalue weighted by atomic mass is 10.1. The number of rotatable bonds is 4. The van der Waals surface area contributed by atoms with Crippen molar-refractivity contribution < 1.29 is 18.3 Å². The average Bonchev–Trinajstić information content (AvgIpc) is 2.45. The number of benzene rings is 2. The molecular formula is C15H13F2NO2. The molecule has 3 nitrogen and oxygen atoms in total. The molecule has 0 unspecified atom stereocenters. The van der Waals surface area contributed by atoms with E-state index in [0.29, 0.717) is 5.75 Å². The van der Waals surface area contributed by atoms with Gasteiger partial charge in [0, 0.05) is 6.54 Å². The molecule has 1 amide bonds. The fourth-order valence-electron chi connectivity index (χ4n) is 1.73. The summed E-state index contributed by atoms with van der Waals surface area (Å²) in [5.74, 6) is -1.84. The van der Waals surface area contributed by atoms with Crippen molar-refractivity contribution in [1.82, 2.24) is 5.32 Å². The van der Waals surface area contributed by atoms with E-state index in [1.54, 1.807) is 31.4 Å². The van der Waals surface area contributed by atoms with E-state index in [2.05, 4.69) is 5.32 Å². The van der Waals surface area contributed by atoms with Crippen molar-refractivity contribution in [2.75, 3.05) is 7.11 Å². The summed E-state index contributed by atoms with van der Waals surface area (Å²) in [5.41, 5.74) is 0.233. The van der Waals surface area contributed by atoms with Crippen molar-refractivity contribution in [3.05, 3.63) is 65.2 Å². The lowest BCUT2D eigenvalue weighted by Crippen LogP contribution is -2.25. The van der Waals surface area contributed by atoms with Gasteiger partial charge in [0.25, 0.3) is 5.91 Å². The zero-order chi connectivity index (χ0) is 14.5. The second kappa shape index (κ2) is 6.14. The van der Waals surface area contributed by atoms with Crippen molar-refractivity contribution in [1.29, 1.82) is 0 Å². The van der Waals surface area contributed by atoms with E-state index < -0.39 is 23.1 Å². The van der Waals surface area contributed by atoms with E-state index in [-0.39, 0.29) is 6.54 Å². The summed E-state index contributed by atoms with van der Waals surface area (Å²) in [6, 6.07) is 10.3. The van der Waals surface area contributed by atoms with E-state index >= 15 is 0 Å². The van der Waals surface area contributed by atoms with Crippen molar-refractivity contribution >= 4 is 5.91 Å². The van der Waals surface area contributed by atoms with Crippen molar-refractivity contribution in [2.45, 2.75) is 6.54 Å². The van der Waals surface area contributed by atoms with Crippen LogP contribution in [0, 0.1) is 11.6 Å². The molecule has 0 aliphatic rings. The molecule has 0 aliphatic heterocycles. The van der Waals surface area contributed by atoms with E-state index in [9.17, 15) is 13.6 Å². The summed E-state index contributed by atoms with van der Waals surface area (Å²) < 4.78 is 31.8. The minimum Gasteiger partial charge on any atom is -0.497 e. The molecule has 0 bridgehead atoms. The van der Waals surface area contributed by atoms with Crippen LogP contribution in [0.2, 0.25) is 0 Å². The standard InChI is InChI=1S/C15H13F2NO2/c1-20-11-7-5-10(6-8-11)9-18-15(19)14-12(16)3-2-4-13(14)17/h2-8H,9H2,1H3,(H,18,19). The molecule has 0 radical (unpaired) electrons. The fraction of sp³-hybridized carbons (Fsp3) is 0.133. The highest BCUT2D eigenvalue weighted by molar-refractivity contribution is 5.94. The number of halogens is 2. The van der Waals surface area contributed by atoms with Crippen LogP contribution in [0.1, 0.15) is 15.9 Å². The third kappa shape index (κ3) is 3.12. The van der Waals surface area contributed by atoms with Gasteiger partial charge in [-0.25, -0.2) is 8.78 Å². The fourth-order valence-corrected chi connectivity index (χ4v) is 1.73. The highest BCUT2D eigenvalue weighted by atomic mass is 19.1. The van der Waals surface area contributed by atoms with Crippen LogP contribution in [0.25, 0.3) is 0 Å². The highest BCUT2D eigenvalue weighted by Crippen LogP contribution is 2.13. The number of ether oxygens (including phenoxy) is 1. The first kappa shape index (κ1) is 14.0. The van der Waals surface area contributed by atoms with Gasteiger partial charge in [0.1, 0.15) is 22.9 Å². The van der Waals surface area contributed by atoms with Gasteiger partial charge in [-0.2, -0.15) is 0 Å². The molecule has 0 atom stereocenters. The van der Waals surface area contributed by atoms with E-state index in [1.807, 2.05) is 0 Å². The summed E-state index contributed by atoms with van der Waals surface area (Å²) in [5, 5.41) is 2.47. The second-order valence-electron chi connectivity index (χ2n) is 4.13. The Morgan fingerprint density at radius 2 is 1.70 bits per heavy atom. The Balaban J connectivity index is 2.05. The van der Waals surface area contributed by atoms with Crippen molar-refractivity contribution in [3.63, 3.8) is 0 Å². The first-order valence-corrected chi connectivity index (χ1v) is 5.97. The molecule has 0 saturated carbocycles. The van der Waals surface area contributed by atoms with Crippen LogP contribution >= 0.6 is 0 Å². The minimum absolute atomic E-state index is 0.177. The van der Waals surface area contributed by atoms with Crippen LogP contribution in [-0.4, -0.2) is 13.0 Å². The summed E-state index contributed by atoms with van der Waals surface area (Å²) in [7, 11) is 1.55. The smallest absolute Gasteiger partial charge is 0.257 e. The number of methoxy groups -OCH3 is 1. The summed E-state index contributed by atoms with van der Waals surface area (Å²) in [6.07, 6.45) is 0. The maximum Gasteiger partial charge on any atom is 0.257 e. The molecule has 2 rings (SSSR count). The molecule has 0 heterocycles. The number of carbonyl (C=O) groups excluding carboxylic acids is 1. The van der Waals surface area contributed by atoms with Crippen LogP contribution in [0.4, 0.5) is 8.78 Å². The van der Waals surface area contributed by atoms with Gasteiger partial charge in [-0.3, -0.25) is 4.79 Å². The summed E-state index contributed by atoms with van der Waals surface area (Å²) >= 11 is 0. The minimum atomic E-state index is -0.878. The van der Waals surface area contributed by atoms with Gasteiger partial charge < -0.3 is 10.1 Å². The van der Waals surface area contributed by atoms with Gasteiger partial charge in [-0.05, 0) is 29.8 Å². The molecule has 0 aliphatic carbocycles. The Labute approximate surface area is 115 Å². The highest BCUT2D eigenvalue weighted by Gasteiger charge is 2.16. The summed E-state index contributed by atoms with van der Waals surface area (Å²) in [6.45, 7) is 0.177. The lowest BCUT2D eigenvalue weighted by Gasteiger charge is -2.07. The number of amides is 1. The molecule has 104 valence electrons. The second-order valence-corrected chi connectivity index (χ2v) is 4.13. The van der Waals surface area contributed by atoms with Crippen LogP contribution in [0.3, 0.4) is 0 Å². The number of hydrogen-bond acceptors (Lipinski definition) is 2. The maximum absolute atomic E-state index is 13.4. The molecule has 2 aromatic rings. The monoisotopic (exact) mass is 277 g/mol. The van der Waals surface area contributed by atoms with Crippen LogP contribution in [-0.2, 0) is 6.54 Å². The van der Waals surface area contributed by atoms with Gasteiger partial charge in [0.15, 0.2) is 0 Å². The Morgan fingerprint density at radius 1 is 1.10 bits per heavy atom. The predicted molar refractivity (Wildman–Crippen MR) is 70.5 cm³/mol. The molecule has 5 heteroatoms. The quantitative estimate of drug-likeness (QED) is 0.933. The van der Waals surface area contributed by atoms with E-state index in [1.165, 1.54) is 6.07 Å². The topological polar surface area (TPSA) is 38.3 Å². The molecule has 1 N–H and O–H groups in total. The molecule has 20 heavy (non-hydrogen) atoms. The number of carbonyl (C=O) groups is 1. The largest absolute Gasteiger partial charge is 0.497 e. The van der Waals surface area contributed by atoms with E-state index in [4.69, 9.17) is 4.74 Å². The van der Waals surface area contributed by atoms with E-state index in [0.717, 1.165) is 17.7 Å². The van der Waals surface area contributed by atoms with Gasteiger partial charge in [-0.1, -0.05) is 18.2 Å². The van der Waals surface area contributed by atoms with Gasteiger partial charge in [0.05, 0.1) is 7.11 Å². The number of nitrogens with one attached hydrogen (secondary N) is 1. The SMILES string of the molecule is COc1ccc(CNC(=O)c2c(F)cccc2F)cc1. The maximum atomic E-state index is 13.4. The number of hydrogen-bond donors (Lipinski definition) is 1. The Morgan fingerprint density at radius 3 is 2.25 bits per heavy atom.